The van der Waals surface area contributed by atoms with Crippen LogP contribution in [-0.2, 0) is 17.8 Å². The molecule has 2 aromatic rings. The fourth-order valence-electron chi connectivity index (χ4n) is 3.34. The first-order chi connectivity index (χ1) is 13.2. The van der Waals surface area contributed by atoms with Crippen LogP contribution in [0.3, 0.4) is 0 Å². The number of piperazine rings is 1. The van der Waals surface area contributed by atoms with Crippen LogP contribution >= 0.6 is 0 Å². The molecule has 1 N–H and O–H groups in total. The summed E-state index contributed by atoms with van der Waals surface area (Å²) in [6, 6.07) is 10.4. The molecule has 0 unspecified atom stereocenters. The SMILES string of the molecule is CC(=O)NCc1ccc(CCCCN2CCN(c3ncccn3)CC2)cc1. The van der Waals surface area contributed by atoms with Crippen molar-refractivity contribution in [3.05, 3.63) is 53.9 Å². The van der Waals surface area contributed by atoms with E-state index in [0.29, 0.717) is 6.54 Å². The van der Waals surface area contributed by atoms with E-state index in [1.165, 1.54) is 18.4 Å². The Morgan fingerprint density at radius 2 is 1.67 bits per heavy atom. The molecule has 1 aliphatic rings. The lowest BCUT2D eigenvalue weighted by Crippen LogP contribution is -2.47. The molecule has 0 saturated carbocycles. The number of carbonyl (C=O) groups excluding carboxylic acids is 1. The Balaban J connectivity index is 1.31. The Morgan fingerprint density at radius 1 is 1.00 bits per heavy atom. The van der Waals surface area contributed by atoms with Gasteiger partial charge in [-0.3, -0.25) is 9.69 Å². The second-order valence-corrected chi connectivity index (χ2v) is 7.06. The topological polar surface area (TPSA) is 61.4 Å². The highest BCUT2D eigenvalue weighted by Crippen LogP contribution is 2.12. The van der Waals surface area contributed by atoms with Gasteiger partial charge in [-0.1, -0.05) is 24.3 Å². The summed E-state index contributed by atoms with van der Waals surface area (Å²) in [5.41, 5.74) is 2.52. The van der Waals surface area contributed by atoms with Gasteiger partial charge in [0.2, 0.25) is 11.9 Å². The molecule has 1 aliphatic heterocycles. The number of aromatic nitrogens is 2. The normalized spacial score (nSPS) is 14.9. The van der Waals surface area contributed by atoms with Crippen LogP contribution < -0.4 is 10.2 Å². The van der Waals surface area contributed by atoms with Crippen LogP contribution in [-0.4, -0.2) is 53.5 Å². The molecular weight excluding hydrogens is 338 g/mol. The molecule has 0 radical (unpaired) electrons. The van der Waals surface area contributed by atoms with Gasteiger partial charge in [0.15, 0.2) is 0 Å². The molecule has 1 aromatic heterocycles. The van der Waals surface area contributed by atoms with Crippen LogP contribution in [0.15, 0.2) is 42.7 Å². The first-order valence-electron chi connectivity index (χ1n) is 9.77. The molecule has 0 bridgehead atoms. The number of rotatable bonds is 8. The quantitative estimate of drug-likeness (QED) is 0.725. The first kappa shape index (κ1) is 19.3. The number of unbranched alkanes of at least 4 members (excludes halogenated alkanes) is 1. The van der Waals surface area contributed by atoms with Crippen molar-refractivity contribution >= 4 is 11.9 Å². The lowest BCUT2D eigenvalue weighted by molar-refractivity contribution is -0.119. The second kappa shape index (κ2) is 10.0. The van der Waals surface area contributed by atoms with E-state index in [-0.39, 0.29) is 5.91 Å². The summed E-state index contributed by atoms with van der Waals surface area (Å²) in [6.07, 6.45) is 7.14. The van der Waals surface area contributed by atoms with E-state index in [1.54, 1.807) is 19.3 Å². The second-order valence-electron chi connectivity index (χ2n) is 7.06. The minimum absolute atomic E-state index is 0.0104. The number of nitrogens with one attached hydrogen (secondary N) is 1. The number of hydrogen-bond acceptors (Lipinski definition) is 5. The number of nitrogens with zero attached hydrogens (tertiary/aromatic N) is 4. The molecule has 144 valence electrons. The average molecular weight is 367 g/mol. The van der Waals surface area contributed by atoms with Gasteiger partial charge < -0.3 is 10.2 Å². The summed E-state index contributed by atoms with van der Waals surface area (Å²) in [7, 11) is 0. The van der Waals surface area contributed by atoms with Crippen molar-refractivity contribution in [3.63, 3.8) is 0 Å². The molecule has 6 nitrogen and oxygen atoms in total. The van der Waals surface area contributed by atoms with E-state index in [9.17, 15) is 4.79 Å². The highest BCUT2D eigenvalue weighted by atomic mass is 16.1. The zero-order valence-corrected chi connectivity index (χ0v) is 16.1. The van der Waals surface area contributed by atoms with E-state index in [1.807, 2.05) is 6.07 Å². The van der Waals surface area contributed by atoms with Crippen molar-refractivity contribution in [3.8, 4) is 0 Å². The third kappa shape index (κ3) is 6.32. The van der Waals surface area contributed by atoms with Crippen molar-refractivity contribution in [1.29, 1.82) is 0 Å². The summed E-state index contributed by atoms with van der Waals surface area (Å²) in [4.78, 5) is 24.4. The van der Waals surface area contributed by atoms with Gasteiger partial charge in [-0.25, -0.2) is 9.97 Å². The van der Waals surface area contributed by atoms with Crippen LogP contribution in [0.25, 0.3) is 0 Å². The highest BCUT2D eigenvalue weighted by molar-refractivity contribution is 5.72. The Hall–Kier alpha value is -2.47. The summed E-state index contributed by atoms with van der Waals surface area (Å²) < 4.78 is 0. The maximum Gasteiger partial charge on any atom is 0.225 e. The number of aryl methyl sites for hydroxylation is 1. The summed E-state index contributed by atoms with van der Waals surface area (Å²) in [5.74, 6) is 0.857. The molecule has 0 spiro atoms. The lowest BCUT2D eigenvalue weighted by atomic mass is 10.1. The predicted octanol–water partition coefficient (Wildman–Crippen LogP) is 2.26. The summed E-state index contributed by atoms with van der Waals surface area (Å²) in [6.45, 7) is 7.47. The fourth-order valence-corrected chi connectivity index (χ4v) is 3.34. The maximum atomic E-state index is 11.0. The predicted molar refractivity (Wildman–Crippen MR) is 108 cm³/mol. The minimum Gasteiger partial charge on any atom is -0.352 e. The molecule has 6 heteroatoms. The van der Waals surface area contributed by atoms with Crippen molar-refractivity contribution < 1.29 is 4.79 Å². The molecule has 1 saturated heterocycles. The largest absolute Gasteiger partial charge is 0.352 e. The molecular formula is C21H29N5O. The van der Waals surface area contributed by atoms with E-state index < -0.39 is 0 Å². The number of carbonyl (C=O) groups is 1. The molecule has 0 atom stereocenters. The third-order valence-electron chi connectivity index (χ3n) is 4.96. The van der Waals surface area contributed by atoms with E-state index >= 15 is 0 Å². The van der Waals surface area contributed by atoms with E-state index in [0.717, 1.165) is 50.7 Å². The smallest absolute Gasteiger partial charge is 0.225 e. The van der Waals surface area contributed by atoms with Crippen molar-refractivity contribution in [2.75, 3.05) is 37.6 Å². The molecule has 3 rings (SSSR count). The molecule has 1 amide bonds. The molecule has 2 heterocycles. The van der Waals surface area contributed by atoms with Gasteiger partial charge in [-0.05, 0) is 43.0 Å². The van der Waals surface area contributed by atoms with Crippen molar-refractivity contribution in [2.45, 2.75) is 32.7 Å². The Labute approximate surface area is 161 Å². The van der Waals surface area contributed by atoms with Gasteiger partial charge in [0.1, 0.15) is 0 Å². The molecule has 1 aromatic carbocycles. The van der Waals surface area contributed by atoms with Crippen LogP contribution in [0, 0.1) is 0 Å². The van der Waals surface area contributed by atoms with Gasteiger partial charge in [0.05, 0.1) is 0 Å². The van der Waals surface area contributed by atoms with Gasteiger partial charge in [-0.15, -0.1) is 0 Å². The van der Waals surface area contributed by atoms with Crippen molar-refractivity contribution in [1.82, 2.24) is 20.2 Å². The Kier molecular flexibility index (Phi) is 7.16. The van der Waals surface area contributed by atoms with Crippen LogP contribution in [0.4, 0.5) is 5.95 Å². The highest BCUT2D eigenvalue weighted by Gasteiger charge is 2.18. The van der Waals surface area contributed by atoms with Crippen LogP contribution in [0.2, 0.25) is 0 Å². The Morgan fingerprint density at radius 3 is 2.33 bits per heavy atom. The zero-order valence-electron chi connectivity index (χ0n) is 16.1. The fraction of sp³-hybridized carbons (Fsp3) is 0.476. The van der Waals surface area contributed by atoms with Crippen LogP contribution in [0.1, 0.15) is 30.9 Å². The Bertz CT molecular complexity index is 696. The van der Waals surface area contributed by atoms with Gasteiger partial charge in [0, 0.05) is 52.0 Å². The number of hydrogen-bond donors (Lipinski definition) is 1. The van der Waals surface area contributed by atoms with Gasteiger partial charge in [-0.2, -0.15) is 0 Å². The number of benzene rings is 1. The van der Waals surface area contributed by atoms with Crippen molar-refractivity contribution in [2.24, 2.45) is 0 Å². The summed E-state index contributed by atoms with van der Waals surface area (Å²) in [5, 5.41) is 2.83. The maximum absolute atomic E-state index is 11.0. The number of anilines is 1. The summed E-state index contributed by atoms with van der Waals surface area (Å²) >= 11 is 0. The monoisotopic (exact) mass is 367 g/mol. The minimum atomic E-state index is 0.0104. The van der Waals surface area contributed by atoms with E-state index in [4.69, 9.17) is 0 Å². The lowest BCUT2D eigenvalue weighted by Gasteiger charge is -2.34. The first-order valence-corrected chi connectivity index (χ1v) is 9.77. The zero-order chi connectivity index (χ0) is 18.9. The van der Waals surface area contributed by atoms with Gasteiger partial charge in [0.25, 0.3) is 0 Å². The third-order valence-corrected chi connectivity index (χ3v) is 4.96. The molecule has 1 fully saturated rings. The van der Waals surface area contributed by atoms with Gasteiger partial charge >= 0.3 is 0 Å². The molecule has 0 aliphatic carbocycles. The standard InChI is InChI=1S/C21H29N5O/c1-18(27)24-17-20-8-6-19(7-9-20)5-2-3-12-25-13-15-26(16-14-25)21-22-10-4-11-23-21/h4,6-11H,2-3,5,12-17H2,1H3,(H,24,27). The number of amides is 1. The average Bonchev–Trinajstić information content (AvgIpc) is 2.71. The van der Waals surface area contributed by atoms with Crippen LogP contribution in [0.5, 0.6) is 0 Å². The molecule has 27 heavy (non-hydrogen) atoms. The van der Waals surface area contributed by atoms with E-state index in [2.05, 4.69) is 49.4 Å².